The molecule has 0 radical (unpaired) electrons. The van der Waals surface area contributed by atoms with Gasteiger partial charge >= 0.3 is 0 Å². The largest absolute Gasteiger partial charge is 0.480 e. The van der Waals surface area contributed by atoms with Crippen molar-refractivity contribution in [2.75, 3.05) is 6.61 Å². The van der Waals surface area contributed by atoms with E-state index in [9.17, 15) is 14.9 Å². The molecule has 22 heavy (non-hydrogen) atoms. The quantitative estimate of drug-likeness (QED) is 0.363. The van der Waals surface area contributed by atoms with E-state index in [1.54, 1.807) is 24.3 Å². The first-order valence-corrected chi connectivity index (χ1v) is 6.23. The van der Waals surface area contributed by atoms with E-state index in [4.69, 9.17) is 15.3 Å². The Balaban J connectivity index is 2.12. The van der Waals surface area contributed by atoms with E-state index < -0.39 is 10.8 Å². The molecular formula is C14H13N3O5. The number of nitrogens with zero attached hydrogens (tertiary/aromatic N) is 1. The number of nitrogens with two attached hydrogens (primary N) is 1. The number of hydrazine groups is 1. The average molecular weight is 303 g/mol. The van der Waals surface area contributed by atoms with Gasteiger partial charge in [-0.15, -0.1) is 0 Å². The fraction of sp³-hybridized carbons (Fsp3) is 0.0714. The van der Waals surface area contributed by atoms with Gasteiger partial charge in [0.2, 0.25) is 0 Å². The van der Waals surface area contributed by atoms with Crippen LogP contribution >= 0.6 is 0 Å². The molecule has 0 bridgehead atoms. The highest BCUT2D eigenvalue weighted by molar-refractivity contribution is 5.76. The number of hydrogen-bond donors (Lipinski definition) is 2. The van der Waals surface area contributed by atoms with Gasteiger partial charge in [0, 0.05) is 12.1 Å². The van der Waals surface area contributed by atoms with Crippen LogP contribution in [0.3, 0.4) is 0 Å². The second-order valence-corrected chi connectivity index (χ2v) is 4.16. The molecular weight excluding hydrogens is 290 g/mol. The van der Waals surface area contributed by atoms with Crippen molar-refractivity contribution in [2.45, 2.75) is 0 Å². The number of hydrogen-bond acceptors (Lipinski definition) is 6. The molecule has 1 amide bonds. The first kappa shape index (κ1) is 15.3. The van der Waals surface area contributed by atoms with Gasteiger partial charge in [-0.05, 0) is 24.3 Å². The highest BCUT2D eigenvalue weighted by Crippen LogP contribution is 2.31. The minimum atomic E-state index is -0.494. The summed E-state index contributed by atoms with van der Waals surface area (Å²) in [5.74, 6) is 5.62. The smallest absolute Gasteiger partial charge is 0.271 e. The number of carbonyl (C=O) groups excluding carboxylic acids is 1. The summed E-state index contributed by atoms with van der Waals surface area (Å²) in [6.07, 6.45) is 0. The monoisotopic (exact) mass is 303 g/mol. The van der Waals surface area contributed by atoms with Crippen LogP contribution in [0.1, 0.15) is 0 Å². The van der Waals surface area contributed by atoms with Crippen LogP contribution in [-0.2, 0) is 4.79 Å². The van der Waals surface area contributed by atoms with Crippen LogP contribution in [0.4, 0.5) is 5.69 Å². The van der Waals surface area contributed by atoms with Crippen molar-refractivity contribution >= 4 is 11.6 Å². The topological polar surface area (TPSA) is 117 Å². The Morgan fingerprint density at radius 3 is 2.36 bits per heavy atom. The third kappa shape index (κ3) is 3.93. The molecule has 2 rings (SSSR count). The summed E-state index contributed by atoms with van der Waals surface area (Å²) in [5, 5.41) is 10.6. The Bertz CT molecular complexity index is 672. The Morgan fingerprint density at radius 1 is 1.14 bits per heavy atom. The van der Waals surface area contributed by atoms with Gasteiger partial charge in [0.05, 0.1) is 4.92 Å². The molecule has 0 spiro atoms. The van der Waals surface area contributed by atoms with Gasteiger partial charge < -0.3 is 9.47 Å². The molecule has 0 saturated heterocycles. The number of nitro benzene ring substituents is 1. The van der Waals surface area contributed by atoms with E-state index in [2.05, 4.69) is 0 Å². The van der Waals surface area contributed by atoms with Crippen LogP contribution in [0.5, 0.6) is 17.2 Å². The third-order valence-electron chi connectivity index (χ3n) is 2.64. The highest BCUT2D eigenvalue weighted by atomic mass is 16.6. The second kappa shape index (κ2) is 7.04. The maximum absolute atomic E-state index is 11.1. The summed E-state index contributed by atoms with van der Waals surface area (Å²) in [4.78, 5) is 21.2. The van der Waals surface area contributed by atoms with Crippen LogP contribution in [0.25, 0.3) is 0 Å². The zero-order valence-corrected chi connectivity index (χ0v) is 11.4. The number of nitrogens with one attached hydrogen (secondary N) is 1. The zero-order chi connectivity index (χ0) is 15.9. The summed E-state index contributed by atoms with van der Waals surface area (Å²) in [6.45, 7) is -0.253. The molecule has 0 aliphatic carbocycles. The molecule has 0 aliphatic heterocycles. The molecule has 3 N–H and O–H groups in total. The molecule has 0 aromatic heterocycles. The Morgan fingerprint density at radius 2 is 1.77 bits per heavy atom. The van der Waals surface area contributed by atoms with Gasteiger partial charge in [-0.25, -0.2) is 5.84 Å². The second-order valence-electron chi connectivity index (χ2n) is 4.16. The molecule has 8 heteroatoms. The van der Waals surface area contributed by atoms with E-state index in [0.717, 1.165) is 0 Å². The minimum Gasteiger partial charge on any atom is -0.480 e. The summed E-state index contributed by atoms with van der Waals surface area (Å²) in [5.41, 5.74) is 1.92. The lowest BCUT2D eigenvalue weighted by Gasteiger charge is -2.11. The first-order valence-electron chi connectivity index (χ1n) is 6.23. The van der Waals surface area contributed by atoms with Crippen LogP contribution in [0.15, 0.2) is 48.5 Å². The van der Waals surface area contributed by atoms with E-state index in [0.29, 0.717) is 17.2 Å². The van der Waals surface area contributed by atoms with E-state index >= 15 is 0 Å². The Kier molecular flexibility index (Phi) is 4.89. The molecule has 2 aromatic rings. The van der Waals surface area contributed by atoms with Crippen molar-refractivity contribution in [3.63, 3.8) is 0 Å². The number of benzene rings is 2. The number of nitro groups is 1. The van der Waals surface area contributed by atoms with Gasteiger partial charge in [-0.3, -0.25) is 20.3 Å². The minimum absolute atomic E-state index is 0.0310. The lowest BCUT2D eigenvalue weighted by molar-refractivity contribution is -0.384. The van der Waals surface area contributed by atoms with Gasteiger partial charge in [-0.2, -0.15) is 0 Å². The SMILES string of the molecule is NNC(=O)COc1ccccc1Oc1ccc([N+](=O)[O-])cc1. The fourth-order valence-corrected chi connectivity index (χ4v) is 1.60. The third-order valence-corrected chi connectivity index (χ3v) is 2.64. The van der Waals surface area contributed by atoms with Gasteiger partial charge in [0.25, 0.3) is 11.6 Å². The van der Waals surface area contributed by atoms with E-state index in [-0.39, 0.29) is 12.3 Å². The lowest BCUT2D eigenvalue weighted by atomic mass is 10.3. The standard InChI is InChI=1S/C14H13N3O5/c15-16-14(18)9-21-12-3-1-2-4-13(12)22-11-7-5-10(6-8-11)17(19)20/h1-8H,9,15H2,(H,16,18). The van der Waals surface area contributed by atoms with Crippen LogP contribution < -0.4 is 20.7 Å². The molecule has 0 saturated carbocycles. The predicted octanol–water partition coefficient (Wildman–Crippen LogP) is 1.76. The Labute approximate surface area is 125 Å². The summed E-state index contributed by atoms with van der Waals surface area (Å²) < 4.78 is 10.9. The van der Waals surface area contributed by atoms with Gasteiger partial charge in [0.15, 0.2) is 18.1 Å². The highest BCUT2D eigenvalue weighted by Gasteiger charge is 2.09. The molecule has 2 aromatic carbocycles. The van der Waals surface area contributed by atoms with Crippen molar-refractivity contribution in [1.29, 1.82) is 0 Å². The lowest BCUT2D eigenvalue weighted by Crippen LogP contribution is -2.34. The molecule has 0 fully saturated rings. The van der Waals surface area contributed by atoms with Crippen molar-refractivity contribution in [2.24, 2.45) is 5.84 Å². The van der Waals surface area contributed by atoms with Crippen molar-refractivity contribution in [3.05, 3.63) is 58.6 Å². The molecule has 0 unspecified atom stereocenters. The molecule has 8 nitrogen and oxygen atoms in total. The van der Waals surface area contributed by atoms with Crippen molar-refractivity contribution < 1.29 is 19.2 Å². The van der Waals surface area contributed by atoms with Gasteiger partial charge in [-0.1, -0.05) is 12.1 Å². The molecule has 114 valence electrons. The first-order chi connectivity index (χ1) is 10.6. The van der Waals surface area contributed by atoms with E-state index in [1.807, 2.05) is 5.43 Å². The van der Waals surface area contributed by atoms with Crippen LogP contribution in [0, 0.1) is 10.1 Å². The number of amides is 1. The Hall–Kier alpha value is -3.13. The van der Waals surface area contributed by atoms with Crippen LogP contribution in [-0.4, -0.2) is 17.4 Å². The van der Waals surface area contributed by atoms with Gasteiger partial charge in [0.1, 0.15) is 5.75 Å². The zero-order valence-electron chi connectivity index (χ0n) is 11.4. The van der Waals surface area contributed by atoms with E-state index in [1.165, 1.54) is 24.3 Å². The number of non-ortho nitro benzene ring substituents is 1. The summed E-state index contributed by atoms with van der Waals surface area (Å²) >= 11 is 0. The van der Waals surface area contributed by atoms with Crippen molar-refractivity contribution in [3.8, 4) is 17.2 Å². The molecule has 0 heterocycles. The number of rotatable bonds is 6. The summed E-state index contributed by atoms with van der Waals surface area (Å²) in [6, 6.07) is 12.3. The predicted molar refractivity (Wildman–Crippen MR) is 77.4 cm³/mol. The van der Waals surface area contributed by atoms with Crippen LogP contribution in [0.2, 0.25) is 0 Å². The average Bonchev–Trinajstić information content (AvgIpc) is 2.54. The number of ether oxygens (including phenoxy) is 2. The molecule has 0 aliphatic rings. The maximum Gasteiger partial charge on any atom is 0.271 e. The normalized spacial score (nSPS) is 9.86. The number of carbonyl (C=O) groups is 1. The van der Waals surface area contributed by atoms with Crippen molar-refractivity contribution in [1.82, 2.24) is 5.43 Å². The fourth-order valence-electron chi connectivity index (χ4n) is 1.60. The summed E-state index contributed by atoms with van der Waals surface area (Å²) in [7, 11) is 0. The maximum atomic E-state index is 11.1. The number of para-hydroxylation sites is 2. The molecule has 0 atom stereocenters.